The maximum absolute atomic E-state index is 11.7. The molecule has 0 spiro atoms. The number of carboxylic acid groups (broad SMARTS) is 1. The normalized spacial score (nSPS) is 14.7. The predicted molar refractivity (Wildman–Crippen MR) is 69.0 cm³/mol. The zero-order chi connectivity index (χ0) is 14.5. The first-order chi connectivity index (χ1) is 8.04. The lowest BCUT2D eigenvalue weighted by atomic mass is 10.2. The number of hydrogen-bond donors (Lipinski definition) is 1. The van der Waals surface area contributed by atoms with Crippen LogP contribution in [0.4, 0.5) is 4.79 Å². The Morgan fingerprint density at radius 3 is 2.22 bits per heavy atom. The lowest BCUT2D eigenvalue weighted by Gasteiger charge is -2.28. The summed E-state index contributed by atoms with van der Waals surface area (Å²) in [5.74, 6) is -0.904. The van der Waals surface area contributed by atoms with Gasteiger partial charge < -0.3 is 9.84 Å². The van der Waals surface area contributed by atoms with Gasteiger partial charge in [-0.2, -0.15) is 0 Å². The van der Waals surface area contributed by atoms with Crippen molar-refractivity contribution in [3.05, 3.63) is 0 Å². The van der Waals surface area contributed by atoms with Crippen molar-refractivity contribution in [3.8, 4) is 0 Å². The maximum atomic E-state index is 11.7. The van der Waals surface area contributed by atoms with E-state index in [9.17, 15) is 13.8 Å². The SMILES string of the molecule is CN(C(=O)OC(C)(C)C)[C@H](CC[S@](C)=O)C(=O)O. The molecule has 0 rings (SSSR count). The van der Waals surface area contributed by atoms with Crippen molar-refractivity contribution in [1.29, 1.82) is 0 Å². The summed E-state index contributed by atoms with van der Waals surface area (Å²) in [7, 11) is 0.273. The number of aliphatic carboxylic acids is 1. The number of amides is 1. The molecular weight excluding hydrogens is 258 g/mol. The fourth-order valence-corrected chi connectivity index (χ4v) is 1.78. The van der Waals surface area contributed by atoms with Gasteiger partial charge in [0.1, 0.15) is 11.6 Å². The summed E-state index contributed by atoms with van der Waals surface area (Å²) in [5, 5.41) is 9.06. The lowest BCUT2D eigenvalue weighted by molar-refractivity contribution is -0.142. The molecule has 0 heterocycles. The molecule has 106 valence electrons. The van der Waals surface area contributed by atoms with Gasteiger partial charge in [-0.25, -0.2) is 9.59 Å². The Morgan fingerprint density at radius 1 is 1.39 bits per heavy atom. The van der Waals surface area contributed by atoms with E-state index in [1.54, 1.807) is 20.8 Å². The Kier molecular flexibility index (Phi) is 6.31. The van der Waals surface area contributed by atoms with Crippen LogP contribution in [0.2, 0.25) is 0 Å². The molecule has 7 heteroatoms. The van der Waals surface area contributed by atoms with Crippen molar-refractivity contribution in [3.63, 3.8) is 0 Å². The van der Waals surface area contributed by atoms with Crippen LogP contribution in [0.3, 0.4) is 0 Å². The number of likely N-dealkylation sites (N-methyl/N-ethyl adjacent to an activating group) is 1. The van der Waals surface area contributed by atoms with Gasteiger partial charge in [-0.05, 0) is 27.2 Å². The average Bonchev–Trinajstić information content (AvgIpc) is 2.13. The van der Waals surface area contributed by atoms with Gasteiger partial charge in [-0.1, -0.05) is 0 Å². The third-order valence-corrected chi connectivity index (χ3v) is 2.92. The number of ether oxygens (including phenoxy) is 1. The largest absolute Gasteiger partial charge is 0.480 e. The fourth-order valence-electron chi connectivity index (χ4n) is 1.22. The van der Waals surface area contributed by atoms with Crippen LogP contribution in [0.15, 0.2) is 0 Å². The van der Waals surface area contributed by atoms with E-state index >= 15 is 0 Å². The Morgan fingerprint density at radius 2 is 1.89 bits per heavy atom. The van der Waals surface area contributed by atoms with Crippen LogP contribution in [0.1, 0.15) is 27.2 Å². The summed E-state index contributed by atoms with van der Waals surface area (Å²) >= 11 is 0. The lowest BCUT2D eigenvalue weighted by Crippen LogP contribution is -2.45. The highest BCUT2D eigenvalue weighted by Crippen LogP contribution is 2.12. The summed E-state index contributed by atoms with van der Waals surface area (Å²) < 4.78 is 16.1. The molecule has 0 fully saturated rings. The van der Waals surface area contributed by atoms with Crippen LogP contribution >= 0.6 is 0 Å². The summed E-state index contributed by atoms with van der Waals surface area (Å²) in [5.41, 5.74) is -0.679. The molecular formula is C11H21NO5S. The molecule has 0 aromatic heterocycles. The first-order valence-electron chi connectivity index (χ1n) is 5.53. The predicted octanol–water partition coefficient (Wildman–Crippen LogP) is 1.08. The quantitative estimate of drug-likeness (QED) is 0.814. The standard InChI is InChI=1S/C11H21NO5S/c1-11(2,3)17-10(15)12(4)8(9(13)14)6-7-18(5)16/h8H,6-7H2,1-5H3,(H,13,14)/t8-,18+/m1/s1. The zero-order valence-corrected chi connectivity index (χ0v) is 12.2. The second-order valence-electron chi connectivity index (χ2n) is 5.01. The van der Waals surface area contributed by atoms with Crippen molar-refractivity contribution in [2.24, 2.45) is 0 Å². The molecule has 2 atom stereocenters. The number of carboxylic acids is 1. The Balaban J connectivity index is 4.65. The van der Waals surface area contributed by atoms with E-state index < -0.39 is 34.5 Å². The summed E-state index contributed by atoms with van der Waals surface area (Å²) in [6, 6.07) is -1.02. The number of carbonyl (C=O) groups excluding carboxylic acids is 1. The van der Waals surface area contributed by atoms with Gasteiger partial charge in [0.05, 0.1) is 0 Å². The van der Waals surface area contributed by atoms with Gasteiger partial charge in [0.15, 0.2) is 0 Å². The van der Waals surface area contributed by atoms with E-state index in [2.05, 4.69) is 0 Å². The van der Waals surface area contributed by atoms with E-state index in [4.69, 9.17) is 9.84 Å². The van der Waals surface area contributed by atoms with Crippen LogP contribution in [0, 0.1) is 0 Å². The third-order valence-electron chi connectivity index (χ3n) is 2.11. The maximum Gasteiger partial charge on any atom is 0.410 e. The van der Waals surface area contributed by atoms with E-state index in [0.717, 1.165) is 4.90 Å². The molecule has 0 aliphatic carbocycles. The van der Waals surface area contributed by atoms with Crippen LogP contribution in [-0.4, -0.2) is 57.0 Å². The van der Waals surface area contributed by atoms with E-state index in [1.807, 2.05) is 0 Å². The molecule has 0 unspecified atom stereocenters. The number of nitrogens with zero attached hydrogens (tertiary/aromatic N) is 1. The van der Waals surface area contributed by atoms with Gasteiger partial charge in [-0.15, -0.1) is 0 Å². The van der Waals surface area contributed by atoms with Gasteiger partial charge in [-0.3, -0.25) is 9.11 Å². The second-order valence-corrected chi connectivity index (χ2v) is 6.57. The van der Waals surface area contributed by atoms with Crippen molar-refractivity contribution < 1.29 is 23.6 Å². The van der Waals surface area contributed by atoms with Gasteiger partial charge >= 0.3 is 12.1 Å². The molecule has 1 N–H and O–H groups in total. The molecule has 1 amide bonds. The Bertz CT molecular complexity index is 337. The minimum atomic E-state index is -1.13. The molecule has 0 aliphatic rings. The van der Waals surface area contributed by atoms with Crippen molar-refractivity contribution in [1.82, 2.24) is 4.90 Å². The molecule has 0 aromatic carbocycles. The Hall–Kier alpha value is -1.11. The zero-order valence-electron chi connectivity index (χ0n) is 11.4. The monoisotopic (exact) mass is 279 g/mol. The average molecular weight is 279 g/mol. The van der Waals surface area contributed by atoms with Crippen molar-refractivity contribution in [2.75, 3.05) is 19.1 Å². The molecule has 18 heavy (non-hydrogen) atoms. The first kappa shape index (κ1) is 16.9. The molecule has 0 bridgehead atoms. The third kappa shape index (κ3) is 6.58. The molecule has 0 aromatic rings. The molecule has 6 nitrogen and oxygen atoms in total. The van der Waals surface area contributed by atoms with Crippen LogP contribution < -0.4 is 0 Å². The molecule has 0 aliphatic heterocycles. The summed E-state index contributed by atoms with van der Waals surface area (Å²) in [4.78, 5) is 23.8. The second kappa shape index (κ2) is 6.72. The highest BCUT2D eigenvalue weighted by molar-refractivity contribution is 7.84. The van der Waals surface area contributed by atoms with Crippen LogP contribution in [-0.2, 0) is 20.3 Å². The number of carbonyl (C=O) groups is 2. The van der Waals surface area contributed by atoms with Gasteiger partial charge in [0.2, 0.25) is 0 Å². The summed E-state index contributed by atoms with van der Waals surface area (Å²) in [6.07, 6.45) is 0.928. The smallest absolute Gasteiger partial charge is 0.410 e. The molecule has 0 saturated heterocycles. The minimum Gasteiger partial charge on any atom is -0.480 e. The number of rotatable bonds is 5. The molecule has 0 radical (unpaired) electrons. The molecule has 0 saturated carbocycles. The van der Waals surface area contributed by atoms with Crippen LogP contribution in [0.25, 0.3) is 0 Å². The van der Waals surface area contributed by atoms with E-state index in [1.165, 1.54) is 13.3 Å². The Labute approximate surface area is 110 Å². The van der Waals surface area contributed by atoms with Crippen molar-refractivity contribution >= 4 is 22.9 Å². The number of hydrogen-bond acceptors (Lipinski definition) is 4. The topological polar surface area (TPSA) is 83.9 Å². The summed E-state index contributed by atoms with van der Waals surface area (Å²) in [6.45, 7) is 5.11. The minimum absolute atomic E-state index is 0.133. The van der Waals surface area contributed by atoms with Gasteiger partial charge in [0.25, 0.3) is 0 Å². The van der Waals surface area contributed by atoms with E-state index in [-0.39, 0.29) is 12.2 Å². The van der Waals surface area contributed by atoms with Crippen molar-refractivity contribution in [2.45, 2.75) is 38.8 Å². The highest BCUT2D eigenvalue weighted by atomic mass is 32.2. The van der Waals surface area contributed by atoms with E-state index in [0.29, 0.717) is 0 Å². The van der Waals surface area contributed by atoms with Gasteiger partial charge in [0, 0.05) is 29.9 Å². The highest BCUT2D eigenvalue weighted by Gasteiger charge is 2.29. The van der Waals surface area contributed by atoms with Crippen LogP contribution in [0.5, 0.6) is 0 Å². The fraction of sp³-hybridized carbons (Fsp3) is 0.818. The first-order valence-corrected chi connectivity index (χ1v) is 7.26.